The highest BCUT2D eigenvalue weighted by Crippen LogP contribution is 2.43. The lowest BCUT2D eigenvalue weighted by Gasteiger charge is -2.53. The molecule has 2 heterocycles. The largest absolute Gasteiger partial charge is 0.466 e. The first-order valence-corrected chi connectivity index (χ1v) is 9.94. The number of carbonyl (C=O) groups is 1. The number of esters is 1. The van der Waals surface area contributed by atoms with E-state index >= 15 is 0 Å². The number of benzene rings is 2. The number of ether oxygens (including phenoxy) is 2. The van der Waals surface area contributed by atoms with Gasteiger partial charge in [-0.05, 0) is 36.6 Å². The Balaban J connectivity index is 1.64. The van der Waals surface area contributed by atoms with Gasteiger partial charge in [0.05, 0.1) is 31.3 Å². The van der Waals surface area contributed by atoms with Crippen LogP contribution < -0.4 is 0 Å². The molecule has 2 saturated heterocycles. The molecule has 0 N–H and O–H groups in total. The van der Waals surface area contributed by atoms with Gasteiger partial charge < -0.3 is 9.47 Å². The first-order valence-electron chi connectivity index (χ1n) is 9.94. The molecule has 4 nitrogen and oxygen atoms in total. The van der Waals surface area contributed by atoms with E-state index in [1.54, 1.807) is 12.1 Å². The van der Waals surface area contributed by atoms with Crippen LogP contribution in [0.3, 0.4) is 0 Å². The molecule has 2 aliphatic rings. The number of hydrogen-bond acceptors (Lipinski definition) is 4. The van der Waals surface area contributed by atoms with Crippen LogP contribution in [0.2, 0.25) is 0 Å². The van der Waals surface area contributed by atoms with Crippen LogP contribution in [0.5, 0.6) is 0 Å². The first kappa shape index (κ1) is 19.1. The average molecular weight is 383 g/mol. The van der Waals surface area contributed by atoms with Gasteiger partial charge in [0.1, 0.15) is 5.82 Å². The van der Waals surface area contributed by atoms with Gasteiger partial charge in [-0.2, -0.15) is 0 Å². The standard InChI is InChI=1S/C23H26FNO3/c1-2-28-22(26)20-11-12-25(14-21(20)17-7-4-3-5-8-17)23(15-27-16-23)18-9-6-10-19(24)13-18/h3-10,13,20-21H,2,11-12,14-16H2,1H3/t20-,21+/m1/s1. The van der Waals surface area contributed by atoms with E-state index < -0.39 is 0 Å². The van der Waals surface area contributed by atoms with E-state index in [-0.39, 0.29) is 29.2 Å². The van der Waals surface area contributed by atoms with Crippen molar-refractivity contribution in [1.82, 2.24) is 4.90 Å². The second-order valence-corrected chi connectivity index (χ2v) is 7.65. The number of piperidine rings is 1. The van der Waals surface area contributed by atoms with Gasteiger partial charge in [0, 0.05) is 19.0 Å². The van der Waals surface area contributed by atoms with E-state index in [9.17, 15) is 9.18 Å². The van der Waals surface area contributed by atoms with Crippen molar-refractivity contribution in [2.75, 3.05) is 32.9 Å². The van der Waals surface area contributed by atoms with Gasteiger partial charge in [0.15, 0.2) is 0 Å². The summed E-state index contributed by atoms with van der Waals surface area (Å²) in [7, 11) is 0. The summed E-state index contributed by atoms with van der Waals surface area (Å²) in [6.45, 7) is 4.79. The number of rotatable bonds is 5. The maximum atomic E-state index is 13.9. The monoisotopic (exact) mass is 383 g/mol. The maximum Gasteiger partial charge on any atom is 0.309 e. The molecule has 0 radical (unpaired) electrons. The summed E-state index contributed by atoms with van der Waals surface area (Å²) in [5.74, 6) is -0.477. The molecule has 0 amide bonds. The first-order chi connectivity index (χ1) is 13.6. The quantitative estimate of drug-likeness (QED) is 0.738. The summed E-state index contributed by atoms with van der Waals surface area (Å²) in [5, 5.41) is 0. The number of halogens is 1. The second kappa shape index (κ2) is 8.02. The minimum Gasteiger partial charge on any atom is -0.466 e. The fourth-order valence-electron chi connectivity index (χ4n) is 4.52. The Bertz CT molecular complexity index is 822. The van der Waals surface area contributed by atoms with Crippen LogP contribution in [0.25, 0.3) is 0 Å². The normalized spacial score (nSPS) is 24.4. The Kier molecular flexibility index (Phi) is 5.47. The molecule has 2 fully saturated rings. The van der Waals surface area contributed by atoms with Crippen LogP contribution in [0.15, 0.2) is 54.6 Å². The lowest BCUT2D eigenvalue weighted by Crippen LogP contribution is -2.62. The number of carbonyl (C=O) groups excluding carboxylic acids is 1. The molecule has 2 aromatic rings. The second-order valence-electron chi connectivity index (χ2n) is 7.65. The van der Waals surface area contributed by atoms with Crippen LogP contribution in [0.1, 0.15) is 30.4 Å². The van der Waals surface area contributed by atoms with Crippen LogP contribution in [0.4, 0.5) is 4.39 Å². The van der Waals surface area contributed by atoms with Crippen LogP contribution in [0, 0.1) is 11.7 Å². The Hall–Kier alpha value is -2.24. The van der Waals surface area contributed by atoms with Gasteiger partial charge in [-0.25, -0.2) is 4.39 Å². The van der Waals surface area contributed by atoms with Gasteiger partial charge in [0.2, 0.25) is 0 Å². The summed E-state index contributed by atoms with van der Waals surface area (Å²) in [4.78, 5) is 15.0. The number of nitrogens with zero attached hydrogens (tertiary/aromatic N) is 1. The zero-order chi connectivity index (χ0) is 19.6. The minimum absolute atomic E-state index is 0.0417. The maximum absolute atomic E-state index is 13.9. The average Bonchev–Trinajstić information content (AvgIpc) is 2.68. The molecule has 0 bridgehead atoms. The van der Waals surface area contributed by atoms with Crippen molar-refractivity contribution in [3.05, 3.63) is 71.5 Å². The van der Waals surface area contributed by atoms with Gasteiger partial charge >= 0.3 is 5.97 Å². The van der Waals surface area contributed by atoms with E-state index in [0.717, 1.165) is 24.1 Å². The zero-order valence-corrected chi connectivity index (χ0v) is 16.1. The molecule has 28 heavy (non-hydrogen) atoms. The van der Waals surface area contributed by atoms with Crippen molar-refractivity contribution in [2.45, 2.75) is 24.8 Å². The summed E-state index contributed by atoms with van der Waals surface area (Å²) in [5.41, 5.74) is 1.76. The molecule has 5 heteroatoms. The molecule has 0 spiro atoms. The number of likely N-dealkylation sites (tertiary alicyclic amines) is 1. The summed E-state index contributed by atoms with van der Waals surface area (Å²) < 4.78 is 24.8. The van der Waals surface area contributed by atoms with E-state index in [1.807, 2.05) is 31.2 Å². The molecule has 2 aliphatic heterocycles. The lowest BCUT2D eigenvalue weighted by molar-refractivity contribution is -0.166. The smallest absolute Gasteiger partial charge is 0.309 e. The van der Waals surface area contributed by atoms with Gasteiger partial charge in [0.25, 0.3) is 0 Å². The SMILES string of the molecule is CCOC(=O)[C@@H]1CCN(C2(c3cccc(F)c3)COC2)C[C@H]1c1ccccc1. The summed E-state index contributed by atoms with van der Waals surface area (Å²) >= 11 is 0. The van der Waals surface area contributed by atoms with Crippen molar-refractivity contribution in [2.24, 2.45) is 5.92 Å². The third-order valence-electron chi connectivity index (χ3n) is 6.08. The van der Waals surface area contributed by atoms with Gasteiger partial charge in [-0.3, -0.25) is 9.69 Å². The molecule has 2 atom stereocenters. The fourth-order valence-corrected chi connectivity index (χ4v) is 4.52. The van der Waals surface area contributed by atoms with Crippen LogP contribution in [-0.4, -0.2) is 43.8 Å². The molecule has 0 unspecified atom stereocenters. The molecular formula is C23H26FNO3. The Morgan fingerprint density at radius 2 is 2.00 bits per heavy atom. The van der Waals surface area contributed by atoms with Gasteiger partial charge in [-0.1, -0.05) is 42.5 Å². The molecule has 148 valence electrons. The molecular weight excluding hydrogens is 357 g/mol. The zero-order valence-electron chi connectivity index (χ0n) is 16.1. The van der Waals surface area contributed by atoms with Crippen molar-refractivity contribution in [1.29, 1.82) is 0 Å². The minimum atomic E-state index is -0.325. The van der Waals surface area contributed by atoms with Crippen molar-refractivity contribution in [3.8, 4) is 0 Å². The summed E-state index contributed by atoms with van der Waals surface area (Å²) in [6.07, 6.45) is 0.718. The van der Waals surface area contributed by atoms with Crippen molar-refractivity contribution < 1.29 is 18.7 Å². The summed E-state index contributed by atoms with van der Waals surface area (Å²) in [6, 6.07) is 17.0. The Morgan fingerprint density at radius 3 is 2.64 bits per heavy atom. The van der Waals surface area contributed by atoms with E-state index in [2.05, 4.69) is 17.0 Å². The van der Waals surface area contributed by atoms with E-state index in [1.165, 1.54) is 6.07 Å². The van der Waals surface area contributed by atoms with Gasteiger partial charge in [-0.15, -0.1) is 0 Å². The van der Waals surface area contributed by atoms with E-state index in [0.29, 0.717) is 26.4 Å². The van der Waals surface area contributed by atoms with Crippen molar-refractivity contribution >= 4 is 5.97 Å². The number of hydrogen-bond donors (Lipinski definition) is 0. The highest BCUT2D eigenvalue weighted by atomic mass is 19.1. The predicted molar refractivity (Wildman–Crippen MR) is 104 cm³/mol. The fraction of sp³-hybridized carbons (Fsp3) is 0.435. The van der Waals surface area contributed by atoms with E-state index in [4.69, 9.17) is 9.47 Å². The third kappa shape index (κ3) is 3.45. The Labute approximate surface area is 165 Å². The molecule has 0 aliphatic carbocycles. The third-order valence-corrected chi connectivity index (χ3v) is 6.08. The molecule has 0 aromatic heterocycles. The molecule has 4 rings (SSSR count). The molecule has 2 aromatic carbocycles. The highest BCUT2D eigenvalue weighted by molar-refractivity contribution is 5.74. The van der Waals surface area contributed by atoms with Crippen molar-refractivity contribution in [3.63, 3.8) is 0 Å². The topological polar surface area (TPSA) is 38.8 Å². The lowest BCUT2D eigenvalue weighted by atomic mass is 9.76. The Morgan fingerprint density at radius 1 is 1.21 bits per heavy atom. The van der Waals surface area contributed by atoms with Crippen LogP contribution >= 0.6 is 0 Å². The van der Waals surface area contributed by atoms with Crippen LogP contribution in [-0.2, 0) is 19.8 Å². The highest BCUT2D eigenvalue weighted by Gasteiger charge is 2.49. The molecule has 0 saturated carbocycles. The predicted octanol–water partition coefficient (Wildman–Crippen LogP) is 3.72.